The van der Waals surface area contributed by atoms with Gasteiger partial charge in [-0.15, -0.1) is 0 Å². The number of benzene rings is 1. The van der Waals surface area contributed by atoms with Crippen molar-refractivity contribution in [2.45, 2.75) is 12.8 Å². The van der Waals surface area contributed by atoms with Crippen LogP contribution in [0.1, 0.15) is 12.0 Å². The normalized spacial score (nSPS) is 13.1. The Kier molecular flexibility index (Phi) is 4.77. The third-order valence-electron chi connectivity index (χ3n) is 3.11. The molecule has 120 valence electrons. The lowest BCUT2D eigenvalue weighted by molar-refractivity contribution is -0.119. The van der Waals surface area contributed by atoms with Gasteiger partial charge in [-0.25, -0.2) is 9.97 Å². The van der Waals surface area contributed by atoms with Gasteiger partial charge in [0.05, 0.1) is 24.7 Å². The lowest BCUT2D eigenvalue weighted by Crippen LogP contribution is -2.31. The Bertz CT molecular complexity index is 697. The highest BCUT2D eigenvalue weighted by Crippen LogP contribution is 2.38. The minimum atomic E-state index is -0.247. The van der Waals surface area contributed by atoms with Gasteiger partial charge in [-0.3, -0.25) is 15.6 Å². The highest BCUT2D eigenvalue weighted by atomic mass is 35.5. The van der Waals surface area contributed by atoms with Crippen LogP contribution in [0.5, 0.6) is 11.5 Å². The van der Waals surface area contributed by atoms with Crippen molar-refractivity contribution in [3.8, 4) is 11.5 Å². The van der Waals surface area contributed by atoms with E-state index < -0.39 is 0 Å². The Balaban J connectivity index is 1.64. The topological polar surface area (TPSA) is 85.4 Å². The standard InChI is InChI=1S/C15H15ClN4O3/c16-11-7-10(8-12-14(11)23-6-2-5-22-12)9-13(21)19-20-15-17-3-1-4-18-15/h1,3-4,7-8H,2,5-6,9H2,(H,19,21)(H,17,18,20). The van der Waals surface area contributed by atoms with Crippen molar-refractivity contribution in [3.63, 3.8) is 0 Å². The van der Waals surface area contributed by atoms with E-state index in [9.17, 15) is 4.79 Å². The van der Waals surface area contributed by atoms with Crippen LogP contribution in [0, 0.1) is 0 Å². The minimum absolute atomic E-state index is 0.135. The van der Waals surface area contributed by atoms with Crippen LogP contribution in [-0.4, -0.2) is 29.1 Å². The summed E-state index contributed by atoms with van der Waals surface area (Å²) in [5.74, 6) is 1.17. The molecule has 0 saturated carbocycles. The summed E-state index contributed by atoms with van der Waals surface area (Å²) < 4.78 is 11.2. The van der Waals surface area contributed by atoms with Crippen LogP contribution in [0.3, 0.4) is 0 Å². The molecule has 0 spiro atoms. The van der Waals surface area contributed by atoms with Gasteiger partial charge in [-0.1, -0.05) is 11.6 Å². The maximum Gasteiger partial charge on any atom is 0.242 e. The van der Waals surface area contributed by atoms with Crippen molar-refractivity contribution in [2.24, 2.45) is 0 Å². The number of nitrogens with one attached hydrogen (secondary N) is 2. The van der Waals surface area contributed by atoms with Crippen molar-refractivity contribution in [3.05, 3.63) is 41.2 Å². The molecule has 2 heterocycles. The number of ether oxygens (including phenoxy) is 2. The van der Waals surface area contributed by atoms with Crippen molar-refractivity contribution in [1.82, 2.24) is 15.4 Å². The smallest absolute Gasteiger partial charge is 0.242 e. The Morgan fingerprint density at radius 1 is 1.22 bits per heavy atom. The first-order chi connectivity index (χ1) is 11.2. The molecule has 0 unspecified atom stereocenters. The van der Waals surface area contributed by atoms with Crippen LogP contribution < -0.4 is 20.3 Å². The summed E-state index contributed by atoms with van der Waals surface area (Å²) in [7, 11) is 0. The van der Waals surface area contributed by atoms with Gasteiger partial charge in [0.25, 0.3) is 0 Å². The number of anilines is 1. The molecule has 0 bridgehead atoms. The molecule has 1 aromatic heterocycles. The predicted molar refractivity (Wildman–Crippen MR) is 84.6 cm³/mol. The first kappa shape index (κ1) is 15.4. The molecule has 8 heteroatoms. The molecular formula is C15H15ClN4O3. The van der Waals surface area contributed by atoms with Crippen LogP contribution in [0.2, 0.25) is 5.02 Å². The first-order valence-electron chi connectivity index (χ1n) is 7.12. The quantitative estimate of drug-likeness (QED) is 0.832. The number of carbonyl (C=O) groups is 1. The average Bonchev–Trinajstić information content (AvgIpc) is 2.80. The maximum atomic E-state index is 12.0. The molecule has 1 aliphatic rings. The molecule has 0 aliphatic carbocycles. The SMILES string of the molecule is O=C(Cc1cc(Cl)c2c(c1)OCCCO2)NNc1ncccn1. The molecule has 1 aliphatic heterocycles. The van der Waals surface area contributed by atoms with Gasteiger partial charge in [0.1, 0.15) is 0 Å². The fourth-order valence-corrected chi connectivity index (χ4v) is 2.39. The highest BCUT2D eigenvalue weighted by Gasteiger charge is 2.16. The van der Waals surface area contributed by atoms with E-state index in [1.807, 2.05) is 0 Å². The summed E-state index contributed by atoms with van der Waals surface area (Å²) in [5.41, 5.74) is 5.90. The zero-order valence-corrected chi connectivity index (χ0v) is 13.0. The molecule has 2 N–H and O–H groups in total. The second kappa shape index (κ2) is 7.15. The first-order valence-corrected chi connectivity index (χ1v) is 7.50. The van der Waals surface area contributed by atoms with Gasteiger partial charge in [-0.2, -0.15) is 0 Å². The number of aromatic nitrogens is 2. The minimum Gasteiger partial charge on any atom is -0.489 e. The van der Waals surface area contributed by atoms with Crippen LogP contribution in [-0.2, 0) is 11.2 Å². The molecule has 1 aromatic carbocycles. The van der Waals surface area contributed by atoms with Gasteiger partial charge < -0.3 is 9.47 Å². The van der Waals surface area contributed by atoms with Gasteiger partial charge >= 0.3 is 0 Å². The van der Waals surface area contributed by atoms with Crippen LogP contribution >= 0.6 is 11.6 Å². The number of halogens is 1. The molecule has 7 nitrogen and oxygen atoms in total. The van der Waals surface area contributed by atoms with E-state index in [4.69, 9.17) is 21.1 Å². The van der Waals surface area contributed by atoms with E-state index in [-0.39, 0.29) is 12.3 Å². The van der Waals surface area contributed by atoms with Gasteiger partial charge in [0, 0.05) is 18.8 Å². The number of amides is 1. The fraction of sp³-hybridized carbons (Fsp3) is 0.267. The molecule has 0 saturated heterocycles. The predicted octanol–water partition coefficient (Wildman–Crippen LogP) is 1.98. The zero-order valence-electron chi connectivity index (χ0n) is 12.2. The van der Waals surface area contributed by atoms with Gasteiger partial charge in [0.2, 0.25) is 11.9 Å². The van der Waals surface area contributed by atoms with E-state index in [2.05, 4.69) is 20.8 Å². The molecule has 0 atom stereocenters. The number of hydrazine groups is 1. The Morgan fingerprint density at radius 2 is 2.00 bits per heavy atom. The zero-order chi connectivity index (χ0) is 16.1. The highest BCUT2D eigenvalue weighted by molar-refractivity contribution is 6.32. The third kappa shape index (κ3) is 4.01. The van der Waals surface area contributed by atoms with Crippen molar-refractivity contribution in [1.29, 1.82) is 0 Å². The van der Waals surface area contributed by atoms with Crippen molar-refractivity contribution in [2.75, 3.05) is 18.6 Å². The number of fused-ring (bicyclic) bond motifs is 1. The van der Waals surface area contributed by atoms with Crippen LogP contribution in [0.4, 0.5) is 5.95 Å². The fourth-order valence-electron chi connectivity index (χ4n) is 2.11. The van der Waals surface area contributed by atoms with Crippen molar-refractivity contribution >= 4 is 23.5 Å². The van der Waals surface area contributed by atoms with Crippen LogP contribution in [0.15, 0.2) is 30.6 Å². The number of rotatable bonds is 4. The number of nitrogens with zero attached hydrogens (tertiary/aromatic N) is 2. The average molecular weight is 335 g/mol. The van der Waals surface area contributed by atoms with E-state index in [0.29, 0.717) is 35.7 Å². The Labute approximate surface area is 138 Å². The monoisotopic (exact) mass is 334 g/mol. The summed E-state index contributed by atoms with van der Waals surface area (Å²) >= 11 is 6.20. The lowest BCUT2D eigenvalue weighted by atomic mass is 10.1. The van der Waals surface area contributed by atoms with E-state index in [1.54, 1.807) is 30.6 Å². The third-order valence-corrected chi connectivity index (χ3v) is 3.39. The molecular weight excluding hydrogens is 320 g/mol. The van der Waals surface area contributed by atoms with E-state index in [0.717, 1.165) is 12.0 Å². The lowest BCUT2D eigenvalue weighted by Gasteiger charge is -2.12. The summed E-state index contributed by atoms with van der Waals surface area (Å²) in [6.45, 7) is 1.12. The molecule has 23 heavy (non-hydrogen) atoms. The number of hydrogen-bond acceptors (Lipinski definition) is 6. The molecule has 0 fully saturated rings. The summed E-state index contributed by atoms with van der Waals surface area (Å²) in [5, 5.41) is 0.437. The Morgan fingerprint density at radius 3 is 2.83 bits per heavy atom. The van der Waals surface area contributed by atoms with Crippen LogP contribution in [0.25, 0.3) is 0 Å². The van der Waals surface area contributed by atoms with E-state index in [1.165, 1.54) is 0 Å². The molecule has 0 radical (unpaired) electrons. The summed E-state index contributed by atoms with van der Waals surface area (Å²) in [6, 6.07) is 5.16. The Hall–Kier alpha value is -2.54. The van der Waals surface area contributed by atoms with Gasteiger partial charge in [0.15, 0.2) is 11.5 Å². The molecule has 2 aromatic rings. The summed E-state index contributed by atoms with van der Waals surface area (Å²) in [4.78, 5) is 19.9. The van der Waals surface area contributed by atoms with E-state index >= 15 is 0 Å². The largest absolute Gasteiger partial charge is 0.489 e. The van der Waals surface area contributed by atoms with Crippen molar-refractivity contribution < 1.29 is 14.3 Å². The second-order valence-corrected chi connectivity index (χ2v) is 5.28. The maximum absolute atomic E-state index is 12.0. The van der Waals surface area contributed by atoms with Gasteiger partial charge in [-0.05, 0) is 23.8 Å². The summed E-state index contributed by atoms with van der Waals surface area (Å²) in [6.07, 6.45) is 4.08. The molecule has 1 amide bonds. The second-order valence-electron chi connectivity index (χ2n) is 4.88. The number of hydrogen-bond donors (Lipinski definition) is 2. The molecule has 3 rings (SSSR count). The number of carbonyl (C=O) groups excluding carboxylic acids is 1.